The average molecular weight is 891 g/mol. The quantitative estimate of drug-likeness (QED) is 0.0823. The third-order valence-corrected chi connectivity index (χ3v) is 12.3. The van der Waals surface area contributed by atoms with E-state index in [0.29, 0.717) is 45.5 Å². The number of hydrogen-bond acceptors (Lipinski definition) is 11. The van der Waals surface area contributed by atoms with Crippen LogP contribution in [0.5, 0.6) is 0 Å². The van der Waals surface area contributed by atoms with Crippen LogP contribution in [0.25, 0.3) is 33.3 Å². The minimum absolute atomic E-state index is 0.0522. The first-order valence-electron chi connectivity index (χ1n) is 22.8. The number of esters is 1. The molecule has 4 aromatic rings. The molecule has 2 aliphatic heterocycles. The third-order valence-electron chi connectivity index (χ3n) is 12.3. The summed E-state index contributed by atoms with van der Waals surface area (Å²) >= 11 is 0. The van der Waals surface area contributed by atoms with Gasteiger partial charge in [-0.15, -0.1) is 0 Å². The molecule has 6 rings (SSSR count). The Bertz CT molecular complexity index is 2400. The van der Waals surface area contributed by atoms with E-state index >= 15 is 0 Å². The Kier molecular flexibility index (Phi) is 16.5. The number of carbonyl (C=O) groups is 4. The Morgan fingerprint density at radius 3 is 2.57 bits per heavy atom. The number of likely N-dealkylation sites (N-methyl/N-ethyl adjacent to an activating group) is 1. The van der Waals surface area contributed by atoms with Gasteiger partial charge in [0.15, 0.2) is 0 Å². The first-order valence-corrected chi connectivity index (χ1v) is 22.8. The van der Waals surface area contributed by atoms with Gasteiger partial charge < -0.3 is 29.0 Å². The molecule has 1 unspecified atom stereocenters. The number of cyclic esters (lactones) is 1. The molecule has 2 aliphatic rings. The minimum atomic E-state index is -1.03. The number of pyridine rings is 1. The fourth-order valence-corrected chi connectivity index (χ4v) is 8.94. The number of amides is 3. The van der Waals surface area contributed by atoms with E-state index in [2.05, 4.69) is 88.5 Å². The number of aromatic nitrogens is 2. The molecule has 0 saturated carbocycles. The lowest BCUT2D eigenvalue weighted by Gasteiger charge is -2.36. The van der Waals surface area contributed by atoms with Crippen molar-refractivity contribution in [2.75, 3.05) is 54.1 Å². The highest BCUT2D eigenvalue weighted by Crippen LogP contribution is 2.42. The third kappa shape index (κ3) is 11.6. The van der Waals surface area contributed by atoms with Crippen molar-refractivity contribution in [3.8, 4) is 22.4 Å². The second kappa shape index (κ2) is 22.0. The number of aryl methyl sites for hydroxylation is 1. The van der Waals surface area contributed by atoms with Crippen LogP contribution in [0.3, 0.4) is 0 Å². The molecule has 4 heterocycles. The summed E-state index contributed by atoms with van der Waals surface area (Å²) in [6, 6.07) is 18.5. The van der Waals surface area contributed by atoms with Gasteiger partial charge in [0.1, 0.15) is 18.1 Å². The fourth-order valence-electron chi connectivity index (χ4n) is 8.94. The van der Waals surface area contributed by atoms with Crippen molar-refractivity contribution in [2.45, 2.75) is 104 Å². The van der Waals surface area contributed by atoms with Crippen molar-refractivity contribution in [3.63, 3.8) is 0 Å². The van der Waals surface area contributed by atoms with Gasteiger partial charge >= 0.3 is 5.97 Å². The molecule has 1 saturated heterocycles. The summed E-state index contributed by atoms with van der Waals surface area (Å²) in [4.78, 5) is 70.6. The number of methoxy groups -OCH3 is 2. The molecular formula is C50H66N8O7. The highest BCUT2D eigenvalue weighted by Gasteiger charge is 2.37. The van der Waals surface area contributed by atoms with E-state index in [1.54, 1.807) is 27.5 Å². The maximum Gasteiger partial charge on any atom is 0.324 e. The number of benzene rings is 2. The van der Waals surface area contributed by atoms with Crippen LogP contribution in [0.2, 0.25) is 0 Å². The van der Waals surface area contributed by atoms with E-state index in [4.69, 9.17) is 19.2 Å². The number of rotatable bonds is 14. The number of ether oxygens (including phenoxy) is 3. The number of carbonyl (C=O) groups excluding carboxylic acids is 4. The predicted octanol–water partition coefficient (Wildman–Crippen LogP) is 6.44. The van der Waals surface area contributed by atoms with E-state index in [1.807, 2.05) is 39.0 Å². The van der Waals surface area contributed by atoms with Gasteiger partial charge in [0.05, 0.1) is 49.8 Å². The second-order valence-electron chi connectivity index (χ2n) is 18.1. The zero-order valence-electron chi connectivity index (χ0n) is 39.5. The molecule has 0 radical (unpaired) electrons. The van der Waals surface area contributed by atoms with Crippen molar-refractivity contribution in [1.82, 2.24) is 30.2 Å². The fraction of sp³-hybridized carbons (Fsp3) is 0.520. The average Bonchev–Trinajstić information content (AvgIpc) is 3.60. The molecule has 2 aromatic heterocycles. The Labute approximate surface area is 383 Å². The van der Waals surface area contributed by atoms with Gasteiger partial charge in [-0.1, -0.05) is 58.0 Å². The molecule has 15 heteroatoms. The summed E-state index contributed by atoms with van der Waals surface area (Å²) in [7, 11) is 4.87. The van der Waals surface area contributed by atoms with Crippen LogP contribution >= 0.6 is 0 Å². The molecule has 2 aromatic carbocycles. The van der Waals surface area contributed by atoms with Crippen molar-refractivity contribution < 1.29 is 33.4 Å². The van der Waals surface area contributed by atoms with Gasteiger partial charge in [-0.05, 0) is 85.5 Å². The first kappa shape index (κ1) is 48.7. The Morgan fingerprint density at radius 1 is 1.06 bits per heavy atom. The van der Waals surface area contributed by atoms with Crippen LogP contribution in [0.15, 0.2) is 70.8 Å². The Hall–Kier alpha value is -5.73. The number of aliphatic imine (C=N–C) groups is 2. The summed E-state index contributed by atoms with van der Waals surface area (Å²) in [5, 5.41) is 5.56. The van der Waals surface area contributed by atoms with Gasteiger partial charge in [0, 0.05) is 75.3 Å². The van der Waals surface area contributed by atoms with E-state index < -0.39 is 41.3 Å². The molecule has 1 fully saturated rings. The normalized spacial score (nSPS) is 18.6. The SMILES string of the molecule is CCn1c(-c2cccnc2[C@H](C)OC)c2c3cc(ccc31)-c1cccc(c1)C[C@H](NC(=O)C(C(C)C)N(C)C(=O)CCN=C=NCCOC)C(=O)N1CCC[C@H](N1)C(=O)OCC(C)(C)C2. The number of hydrazine groups is 1. The lowest BCUT2D eigenvalue weighted by molar-refractivity contribution is -0.155. The zero-order chi connectivity index (χ0) is 46.8. The topological polar surface area (TPSA) is 169 Å². The minimum Gasteiger partial charge on any atom is -0.464 e. The van der Waals surface area contributed by atoms with E-state index in [-0.39, 0.29) is 43.9 Å². The summed E-state index contributed by atoms with van der Waals surface area (Å²) in [5.74, 6) is -1.86. The number of hydrogen-bond donors (Lipinski definition) is 2. The lowest BCUT2D eigenvalue weighted by atomic mass is 9.84. The van der Waals surface area contributed by atoms with Gasteiger partial charge in [-0.25, -0.2) is 15.4 Å². The van der Waals surface area contributed by atoms with E-state index in [0.717, 1.165) is 50.1 Å². The zero-order valence-corrected chi connectivity index (χ0v) is 39.5. The highest BCUT2D eigenvalue weighted by molar-refractivity contribution is 5.96. The summed E-state index contributed by atoms with van der Waals surface area (Å²) < 4.78 is 19.2. The largest absolute Gasteiger partial charge is 0.464 e. The second-order valence-corrected chi connectivity index (χ2v) is 18.1. The monoisotopic (exact) mass is 891 g/mol. The van der Waals surface area contributed by atoms with Crippen LogP contribution < -0.4 is 10.7 Å². The number of nitrogens with zero attached hydrogens (tertiary/aromatic N) is 6. The van der Waals surface area contributed by atoms with Crippen LogP contribution in [-0.4, -0.2) is 121 Å². The maximum atomic E-state index is 14.6. The molecule has 348 valence electrons. The van der Waals surface area contributed by atoms with Crippen LogP contribution in [0.4, 0.5) is 0 Å². The van der Waals surface area contributed by atoms with Crippen molar-refractivity contribution >= 4 is 40.6 Å². The predicted molar refractivity (Wildman–Crippen MR) is 251 cm³/mol. The molecule has 6 bridgehead atoms. The van der Waals surface area contributed by atoms with Crippen LogP contribution in [0, 0.1) is 11.3 Å². The van der Waals surface area contributed by atoms with Gasteiger partial charge in [-0.2, -0.15) is 0 Å². The van der Waals surface area contributed by atoms with E-state index in [1.165, 1.54) is 9.91 Å². The molecule has 0 aliphatic carbocycles. The standard InChI is InChI=1S/C50H66N8O7/c1-10-57-42-19-18-36-28-38(42)39(46(57)37-16-12-21-53-44(37)33(4)64-9)29-50(5,6)30-65-49(62)40-17-13-24-58(55-40)48(61)41(27-34-14-11-15-35(36)26-34)54-47(60)45(32(2)3)56(7)43(59)20-22-51-31-52-23-25-63-8/h11-12,14-16,18-19,21,26,28,32-33,40-41,45,55H,10,13,17,20,22-25,27,29-30H2,1-9H3,(H,54,60)/t33-,40-,41-,45?/m0/s1. The number of fused-ring (bicyclic) bond motifs is 6. The highest BCUT2D eigenvalue weighted by atomic mass is 16.5. The van der Waals surface area contributed by atoms with Crippen LogP contribution in [0.1, 0.15) is 83.7 Å². The van der Waals surface area contributed by atoms with Gasteiger partial charge in [-0.3, -0.25) is 29.2 Å². The molecule has 15 nitrogen and oxygen atoms in total. The lowest BCUT2D eigenvalue weighted by Crippen LogP contribution is -2.62. The van der Waals surface area contributed by atoms with E-state index in [9.17, 15) is 19.2 Å². The van der Waals surface area contributed by atoms with Gasteiger partial charge in [0.25, 0.3) is 5.91 Å². The maximum absolute atomic E-state index is 14.6. The van der Waals surface area contributed by atoms with Crippen molar-refractivity contribution in [2.24, 2.45) is 21.3 Å². The summed E-state index contributed by atoms with van der Waals surface area (Å²) in [5.41, 5.74) is 10.5. The first-order chi connectivity index (χ1) is 31.2. The van der Waals surface area contributed by atoms with Crippen molar-refractivity contribution in [3.05, 3.63) is 77.6 Å². The molecule has 65 heavy (non-hydrogen) atoms. The van der Waals surface area contributed by atoms with Gasteiger partial charge in [0.2, 0.25) is 11.8 Å². The Balaban J connectivity index is 1.40. The molecular weight excluding hydrogens is 825 g/mol. The molecule has 3 amide bonds. The summed E-state index contributed by atoms with van der Waals surface area (Å²) in [6.45, 7) is 14.3. The molecule has 2 N–H and O–H groups in total. The van der Waals surface area contributed by atoms with Crippen molar-refractivity contribution in [1.29, 1.82) is 0 Å². The number of nitrogens with one attached hydrogen (secondary N) is 2. The molecule has 4 atom stereocenters. The molecule has 0 spiro atoms. The summed E-state index contributed by atoms with van der Waals surface area (Å²) in [6.07, 6.45) is 3.38. The smallest absolute Gasteiger partial charge is 0.324 e. The Morgan fingerprint density at radius 2 is 1.83 bits per heavy atom. The van der Waals surface area contributed by atoms with Crippen LogP contribution in [-0.2, 0) is 52.8 Å².